The number of ether oxygens (including phenoxy) is 1. The van der Waals surface area contributed by atoms with Crippen LogP contribution in [0.1, 0.15) is 30.5 Å². The minimum atomic E-state index is 0.470. The van der Waals surface area contributed by atoms with Gasteiger partial charge in [0.25, 0.3) is 0 Å². The Hall–Kier alpha value is -2.60. The largest absolute Gasteiger partial charge is 0.493 e. The van der Waals surface area contributed by atoms with E-state index in [4.69, 9.17) is 4.74 Å². The second-order valence-electron chi connectivity index (χ2n) is 6.72. The maximum Gasteiger partial charge on any atom is 0.212 e. The number of rotatable bonds is 8. The molecule has 6 heteroatoms. The molecular weight excluding hydrogens is 356 g/mol. The predicted octanol–water partition coefficient (Wildman–Crippen LogP) is 4.80. The Morgan fingerprint density at radius 1 is 1.15 bits per heavy atom. The smallest absolute Gasteiger partial charge is 0.212 e. The van der Waals surface area contributed by atoms with Gasteiger partial charge >= 0.3 is 0 Å². The topological polar surface area (TPSA) is 52.3 Å². The quantitative estimate of drug-likeness (QED) is 0.416. The highest BCUT2D eigenvalue weighted by molar-refractivity contribution is 7.98. The lowest BCUT2D eigenvalue weighted by Gasteiger charge is -2.10. The van der Waals surface area contributed by atoms with E-state index in [1.54, 1.807) is 29.0 Å². The summed E-state index contributed by atoms with van der Waals surface area (Å²) < 4.78 is 7.57. The normalized spacial score (nSPS) is 11.4. The van der Waals surface area contributed by atoms with Crippen molar-refractivity contribution in [2.24, 2.45) is 11.0 Å². The minimum Gasteiger partial charge on any atom is -0.493 e. The lowest BCUT2D eigenvalue weighted by molar-refractivity contribution is 0.270. The summed E-state index contributed by atoms with van der Waals surface area (Å²) >= 11 is 1.61. The first-order chi connectivity index (χ1) is 13.1. The third-order valence-corrected chi connectivity index (χ3v) is 4.81. The first kappa shape index (κ1) is 19.2. The van der Waals surface area contributed by atoms with Crippen LogP contribution in [0.5, 0.6) is 5.75 Å². The Bertz CT molecular complexity index is 887. The van der Waals surface area contributed by atoms with E-state index in [0.717, 1.165) is 22.2 Å². The van der Waals surface area contributed by atoms with E-state index in [0.29, 0.717) is 12.5 Å². The van der Waals surface area contributed by atoms with E-state index >= 15 is 0 Å². The van der Waals surface area contributed by atoms with Gasteiger partial charge in [-0.1, -0.05) is 67.6 Å². The average Bonchev–Trinajstić information content (AvgIpc) is 3.12. The van der Waals surface area contributed by atoms with Gasteiger partial charge in [0, 0.05) is 11.3 Å². The molecule has 0 unspecified atom stereocenters. The van der Waals surface area contributed by atoms with Gasteiger partial charge in [0.2, 0.25) is 5.16 Å². The van der Waals surface area contributed by atoms with E-state index < -0.39 is 0 Å². The van der Waals surface area contributed by atoms with Crippen LogP contribution in [-0.2, 0) is 5.75 Å². The number of para-hydroxylation sites is 1. The zero-order valence-electron chi connectivity index (χ0n) is 15.9. The van der Waals surface area contributed by atoms with Gasteiger partial charge in [0.1, 0.15) is 12.1 Å². The molecule has 3 rings (SSSR count). The van der Waals surface area contributed by atoms with Crippen LogP contribution in [0.4, 0.5) is 0 Å². The molecule has 0 spiro atoms. The van der Waals surface area contributed by atoms with Crippen LogP contribution in [0.15, 0.2) is 65.1 Å². The van der Waals surface area contributed by atoms with E-state index in [9.17, 15) is 0 Å². The molecule has 0 bridgehead atoms. The van der Waals surface area contributed by atoms with Crippen molar-refractivity contribution in [1.29, 1.82) is 0 Å². The van der Waals surface area contributed by atoms with Crippen LogP contribution in [0.3, 0.4) is 0 Å². The molecule has 0 saturated carbocycles. The number of benzene rings is 2. The maximum atomic E-state index is 5.88. The average molecular weight is 381 g/mol. The van der Waals surface area contributed by atoms with Crippen molar-refractivity contribution >= 4 is 18.0 Å². The minimum absolute atomic E-state index is 0.470. The van der Waals surface area contributed by atoms with Gasteiger partial charge in [-0.2, -0.15) is 9.78 Å². The number of aryl methyl sites for hydroxylation is 1. The lowest BCUT2D eigenvalue weighted by Crippen LogP contribution is -2.06. The monoisotopic (exact) mass is 380 g/mol. The Morgan fingerprint density at radius 3 is 2.70 bits per heavy atom. The van der Waals surface area contributed by atoms with Crippen molar-refractivity contribution in [3.8, 4) is 5.75 Å². The number of nitrogens with zero attached hydrogens (tertiary/aromatic N) is 4. The molecule has 0 aliphatic rings. The van der Waals surface area contributed by atoms with Crippen molar-refractivity contribution in [3.05, 3.63) is 71.5 Å². The van der Waals surface area contributed by atoms with E-state index in [-0.39, 0.29) is 0 Å². The highest BCUT2D eigenvalue weighted by atomic mass is 32.2. The Balaban J connectivity index is 1.68. The summed E-state index contributed by atoms with van der Waals surface area (Å²) in [5.41, 5.74) is 3.44. The standard InChI is InChI=1S/C21H24N4OS/c1-16(2)13-26-20-7-5-4-6-19(20)12-23-25-15-22-24-21(25)27-14-18-10-8-17(3)9-11-18/h4-12,15-16H,13-14H2,1-3H3/b23-12-. The zero-order valence-corrected chi connectivity index (χ0v) is 16.7. The van der Waals surface area contributed by atoms with Crippen molar-refractivity contribution in [2.75, 3.05) is 6.61 Å². The van der Waals surface area contributed by atoms with Crippen LogP contribution in [0.25, 0.3) is 0 Å². The van der Waals surface area contributed by atoms with Crippen molar-refractivity contribution < 1.29 is 4.74 Å². The molecule has 0 radical (unpaired) electrons. The zero-order chi connectivity index (χ0) is 19.1. The molecule has 0 fully saturated rings. The third-order valence-electron chi connectivity index (χ3n) is 3.80. The van der Waals surface area contributed by atoms with Gasteiger partial charge in [-0.25, -0.2) is 0 Å². The van der Waals surface area contributed by atoms with Crippen LogP contribution in [0, 0.1) is 12.8 Å². The number of hydrogen-bond donors (Lipinski definition) is 0. The molecule has 1 aromatic heterocycles. The summed E-state index contributed by atoms with van der Waals surface area (Å²) in [7, 11) is 0. The van der Waals surface area contributed by atoms with Gasteiger partial charge in [0.05, 0.1) is 12.8 Å². The van der Waals surface area contributed by atoms with Crippen LogP contribution in [-0.4, -0.2) is 27.7 Å². The van der Waals surface area contributed by atoms with Gasteiger partial charge < -0.3 is 4.74 Å². The first-order valence-corrected chi connectivity index (χ1v) is 9.95. The van der Waals surface area contributed by atoms with Gasteiger partial charge in [-0.15, -0.1) is 10.2 Å². The van der Waals surface area contributed by atoms with Crippen molar-refractivity contribution in [3.63, 3.8) is 0 Å². The second kappa shape index (κ2) is 9.37. The maximum absolute atomic E-state index is 5.88. The van der Waals surface area contributed by atoms with Gasteiger partial charge in [0.15, 0.2) is 0 Å². The molecule has 0 aliphatic heterocycles. The van der Waals surface area contributed by atoms with Gasteiger partial charge in [-0.05, 0) is 30.5 Å². The highest BCUT2D eigenvalue weighted by Crippen LogP contribution is 2.21. The highest BCUT2D eigenvalue weighted by Gasteiger charge is 2.06. The summed E-state index contributed by atoms with van der Waals surface area (Å²) in [5.74, 6) is 2.12. The molecule has 27 heavy (non-hydrogen) atoms. The molecular formula is C21H24N4OS. The van der Waals surface area contributed by atoms with E-state index in [1.165, 1.54) is 11.1 Å². The van der Waals surface area contributed by atoms with Crippen molar-refractivity contribution in [1.82, 2.24) is 14.9 Å². The second-order valence-corrected chi connectivity index (χ2v) is 7.66. The molecule has 0 aliphatic carbocycles. The molecule has 0 saturated heterocycles. The number of hydrogen-bond acceptors (Lipinski definition) is 5. The molecule has 1 heterocycles. The van der Waals surface area contributed by atoms with Crippen LogP contribution < -0.4 is 4.74 Å². The lowest BCUT2D eigenvalue weighted by atomic mass is 10.2. The molecule has 3 aromatic rings. The third kappa shape index (κ3) is 5.69. The molecule has 0 N–H and O–H groups in total. The van der Waals surface area contributed by atoms with E-state index in [2.05, 4.69) is 60.3 Å². The summed E-state index contributed by atoms with van der Waals surface area (Å²) in [6.45, 7) is 7.02. The molecule has 2 aromatic carbocycles. The Kier molecular flexibility index (Phi) is 6.65. The molecule has 0 amide bonds. The summed E-state index contributed by atoms with van der Waals surface area (Å²) in [4.78, 5) is 0. The number of thioether (sulfide) groups is 1. The first-order valence-electron chi connectivity index (χ1n) is 8.96. The Morgan fingerprint density at radius 2 is 1.93 bits per heavy atom. The van der Waals surface area contributed by atoms with Gasteiger partial charge in [-0.3, -0.25) is 0 Å². The molecule has 0 atom stereocenters. The SMILES string of the molecule is Cc1ccc(CSc2nncn2/N=C\c2ccccc2OCC(C)C)cc1. The summed E-state index contributed by atoms with van der Waals surface area (Å²) in [6, 6.07) is 16.4. The van der Waals surface area contributed by atoms with Crippen LogP contribution >= 0.6 is 11.8 Å². The predicted molar refractivity (Wildman–Crippen MR) is 111 cm³/mol. The number of aromatic nitrogens is 3. The molecule has 140 valence electrons. The van der Waals surface area contributed by atoms with E-state index in [1.807, 2.05) is 24.3 Å². The van der Waals surface area contributed by atoms with Crippen molar-refractivity contribution in [2.45, 2.75) is 31.7 Å². The fourth-order valence-electron chi connectivity index (χ4n) is 2.33. The summed E-state index contributed by atoms with van der Waals surface area (Å²) in [5, 5.41) is 13.4. The fourth-order valence-corrected chi connectivity index (χ4v) is 3.14. The Labute approximate surface area is 164 Å². The fraction of sp³-hybridized carbons (Fsp3) is 0.286. The van der Waals surface area contributed by atoms with Crippen LogP contribution in [0.2, 0.25) is 0 Å². The summed E-state index contributed by atoms with van der Waals surface area (Å²) in [6.07, 6.45) is 3.40. The molecule has 5 nitrogen and oxygen atoms in total.